The summed E-state index contributed by atoms with van der Waals surface area (Å²) < 4.78 is 0. The number of hydrogen-bond donors (Lipinski definition) is 0. The van der Waals surface area contributed by atoms with Crippen LogP contribution in [0.1, 0.15) is 31.9 Å². The summed E-state index contributed by atoms with van der Waals surface area (Å²) in [5.74, 6) is 0. The van der Waals surface area contributed by atoms with Gasteiger partial charge in [-0.25, -0.2) is 0 Å². The van der Waals surface area contributed by atoms with Gasteiger partial charge in [-0.2, -0.15) is 0 Å². The van der Waals surface area contributed by atoms with Gasteiger partial charge < -0.3 is 4.90 Å². The molecule has 0 fully saturated rings. The highest BCUT2D eigenvalue weighted by atomic mass is 32.1. The fourth-order valence-electron chi connectivity index (χ4n) is 2.08. The average Bonchev–Trinajstić information content (AvgIpc) is 2.46. The zero-order valence-electron chi connectivity index (χ0n) is 12.6. The molecule has 0 aromatic heterocycles. The first-order valence-corrected chi connectivity index (χ1v) is 7.24. The van der Waals surface area contributed by atoms with Crippen LogP contribution in [0.15, 0.2) is 54.6 Å². The Kier molecular flexibility index (Phi) is 4.24. The Labute approximate surface area is 127 Å². The molecule has 0 spiro atoms. The van der Waals surface area contributed by atoms with Gasteiger partial charge in [0.2, 0.25) is 0 Å². The molecular formula is C18H21NS. The summed E-state index contributed by atoms with van der Waals surface area (Å²) in [6, 6.07) is 18.8. The molecule has 0 saturated carbocycles. The molecule has 0 aliphatic rings. The van der Waals surface area contributed by atoms with Crippen molar-refractivity contribution in [3.63, 3.8) is 0 Å². The lowest BCUT2D eigenvalue weighted by Gasteiger charge is -2.22. The maximum absolute atomic E-state index is 5.59. The molecule has 2 rings (SSSR count). The van der Waals surface area contributed by atoms with Gasteiger partial charge in [0.15, 0.2) is 0 Å². The maximum atomic E-state index is 5.59. The Morgan fingerprint density at radius 1 is 0.900 bits per heavy atom. The Hall–Kier alpha value is -1.67. The lowest BCUT2D eigenvalue weighted by atomic mass is 9.87. The number of hydrogen-bond acceptors (Lipinski definition) is 1. The molecule has 0 N–H and O–H groups in total. The lowest BCUT2D eigenvalue weighted by molar-refractivity contribution is 0.590. The van der Waals surface area contributed by atoms with E-state index in [0.717, 1.165) is 16.2 Å². The number of thiocarbonyl (C=S) groups is 1. The molecule has 104 valence electrons. The Balaban J connectivity index is 2.22. The van der Waals surface area contributed by atoms with Crippen molar-refractivity contribution >= 4 is 22.9 Å². The van der Waals surface area contributed by atoms with E-state index in [9.17, 15) is 0 Å². The van der Waals surface area contributed by atoms with E-state index in [1.807, 2.05) is 30.1 Å². The van der Waals surface area contributed by atoms with Gasteiger partial charge in [-0.1, -0.05) is 75.5 Å². The molecule has 0 unspecified atom stereocenters. The predicted molar refractivity (Wildman–Crippen MR) is 91.7 cm³/mol. The highest BCUT2D eigenvalue weighted by Crippen LogP contribution is 2.23. The van der Waals surface area contributed by atoms with Crippen LogP contribution in [0.3, 0.4) is 0 Å². The fourth-order valence-corrected chi connectivity index (χ4v) is 2.32. The molecule has 0 bridgehead atoms. The van der Waals surface area contributed by atoms with E-state index < -0.39 is 0 Å². The minimum absolute atomic E-state index is 0.172. The van der Waals surface area contributed by atoms with Crippen LogP contribution in [0.4, 0.5) is 5.69 Å². The van der Waals surface area contributed by atoms with Crippen LogP contribution in [0.25, 0.3) is 0 Å². The second kappa shape index (κ2) is 5.76. The third-order valence-electron chi connectivity index (χ3n) is 3.45. The van der Waals surface area contributed by atoms with Crippen LogP contribution in [0.2, 0.25) is 0 Å². The van der Waals surface area contributed by atoms with Gasteiger partial charge in [0.05, 0.1) is 0 Å². The second-order valence-corrected chi connectivity index (χ2v) is 6.41. The number of para-hydroxylation sites is 1. The van der Waals surface area contributed by atoms with E-state index in [4.69, 9.17) is 12.2 Å². The van der Waals surface area contributed by atoms with E-state index >= 15 is 0 Å². The van der Waals surface area contributed by atoms with Crippen LogP contribution < -0.4 is 4.90 Å². The molecule has 0 radical (unpaired) electrons. The summed E-state index contributed by atoms with van der Waals surface area (Å²) >= 11 is 5.59. The second-order valence-electron chi connectivity index (χ2n) is 6.03. The number of nitrogens with zero attached hydrogens (tertiary/aromatic N) is 1. The van der Waals surface area contributed by atoms with Gasteiger partial charge in [-0.15, -0.1) is 0 Å². The Morgan fingerprint density at radius 2 is 1.45 bits per heavy atom. The van der Waals surface area contributed by atoms with Crippen LogP contribution in [0.5, 0.6) is 0 Å². The minimum Gasteiger partial charge on any atom is -0.335 e. The van der Waals surface area contributed by atoms with E-state index in [-0.39, 0.29) is 5.41 Å². The van der Waals surface area contributed by atoms with Crippen molar-refractivity contribution in [3.8, 4) is 0 Å². The first-order valence-electron chi connectivity index (χ1n) is 6.83. The summed E-state index contributed by atoms with van der Waals surface area (Å²) in [6.45, 7) is 6.66. The molecule has 2 aromatic rings. The summed E-state index contributed by atoms with van der Waals surface area (Å²) in [6.07, 6.45) is 0. The van der Waals surface area contributed by atoms with Crippen LogP contribution >= 0.6 is 12.2 Å². The van der Waals surface area contributed by atoms with Crippen molar-refractivity contribution in [2.45, 2.75) is 26.2 Å². The number of anilines is 1. The third kappa shape index (κ3) is 3.26. The maximum Gasteiger partial charge on any atom is 0.113 e. The molecule has 0 amide bonds. The molecule has 1 nitrogen and oxygen atoms in total. The molecule has 2 heteroatoms. The molecular weight excluding hydrogens is 262 g/mol. The fraction of sp³-hybridized carbons (Fsp3) is 0.278. The smallest absolute Gasteiger partial charge is 0.113 e. The molecule has 0 aliphatic carbocycles. The normalized spacial score (nSPS) is 11.2. The topological polar surface area (TPSA) is 3.24 Å². The molecule has 20 heavy (non-hydrogen) atoms. The molecule has 0 heterocycles. The predicted octanol–water partition coefficient (Wildman–Crippen LogP) is 4.80. The minimum atomic E-state index is 0.172. The summed E-state index contributed by atoms with van der Waals surface area (Å²) in [7, 11) is 2.01. The van der Waals surface area contributed by atoms with Crippen LogP contribution in [0, 0.1) is 0 Å². The zero-order chi connectivity index (χ0) is 14.8. The van der Waals surface area contributed by atoms with Crippen molar-refractivity contribution in [3.05, 3.63) is 65.7 Å². The Bertz CT molecular complexity index is 579. The number of benzene rings is 2. The lowest BCUT2D eigenvalue weighted by Crippen LogP contribution is -2.25. The third-order valence-corrected chi connectivity index (χ3v) is 3.96. The highest BCUT2D eigenvalue weighted by molar-refractivity contribution is 7.81. The summed E-state index contributed by atoms with van der Waals surface area (Å²) in [5, 5.41) is 0. The molecule has 0 saturated heterocycles. The summed E-state index contributed by atoms with van der Waals surface area (Å²) in [4.78, 5) is 2.89. The SMILES string of the molecule is CN(C(=S)c1ccc(C(C)(C)C)cc1)c1ccccc1. The molecule has 0 aliphatic heterocycles. The van der Waals surface area contributed by atoms with E-state index in [0.29, 0.717) is 0 Å². The van der Waals surface area contributed by atoms with Gasteiger partial charge in [0, 0.05) is 18.3 Å². The Morgan fingerprint density at radius 3 is 1.95 bits per heavy atom. The first-order chi connectivity index (χ1) is 9.39. The van der Waals surface area contributed by atoms with E-state index in [1.165, 1.54) is 5.56 Å². The molecule has 2 aromatic carbocycles. The van der Waals surface area contributed by atoms with Crippen molar-refractivity contribution < 1.29 is 0 Å². The van der Waals surface area contributed by atoms with Crippen molar-refractivity contribution in [2.75, 3.05) is 11.9 Å². The zero-order valence-corrected chi connectivity index (χ0v) is 13.4. The first kappa shape index (κ1) is 14.7. The largest absolute Gasteiger partial charge is 0.335 e. The van der Waals surface area contributed by atoms with E-state index in [2.05, 4.69) is 57.2 Å². The van der Waals surface area contributed by atoms with Gasteiger partial charge >= 0.3 is 0 Å². The average molecular weight is 283 g/mol. The molecule has 0 atom stereocenters. The van der Waals surface area contributed by atoms with Gasteiger partial charge in [0.25, 0.3) is 0 Å². The standard InChI is InChI=1S/C18H21NS/c1-18(2,3)15-12-10-14(11-13-15)17(20)19(4)16-8-6-5-7-9-16/h5-13H,1-4H3. The van der Waals surface area contributed by atoms with Crippen molar-refractivity contribution in [1.29, 1.82) is 0 Å². The summed E-state index contributed by atoms with van der Waals surface area (Å²) in [5.41, 5.74) is 3.69. The van der Waals surface area contributed by atoms with Crippen molar-refractivity contribution in [1.82, 2.24) is 0 Å². The monoisotopic (exact) mass is 283 g/mol. The van der Waals surface area contributed by atoms with Gasteiger partial charge in [0.1, 0.15) is 4.99 Å². The van der Waals surface area contributed by atoms with Gasteiger partial charge in [-0.3, -0.25) is 0 Å². The van der Waals surface area contributed by atoms with Crippen LogP contribution in [-0.2, 0) is 5.41 Å². The van der Waals surface area contributed by atoms with Crippen molar-refractivity contribution in [2.24, 2.45) is 0 Å². The van der Waals surface area contributed by atoms with E-state index in [1.54, 1.807) is 0 Å². The highest BCUT2D eigenvalue weighted by Gasteiger charge is 2.14. The van der Waals surface area contributed by atoms with Gasteiger partial charge in [-0.05, 0) is 23.1 Å². The number of rotatable bonds is 2. The van der Waals surface area contributed by atoms with Crippen LogP contribution in [-0.4, -0.2) is 12.0 Å². The quantitative estimate of drug-likeness (QED) is 0.729.